The molecule has 1 atom stereocenters. The van der Waals surface area contributed by atoms with Gasteiger partial charge in [0.15, 0.2) is 5.50 Å². The van der Waals surface area contributed by atoms with E-state index in [1.54, 1.807) is 14.0 Å². The highest BCUT2D eigenvalue weighted by Gasteiger charge is 2.54. The van der Waals surface area contributed by atoms with Gasteiger partial charge < -0.3 is 9.31 Å². The van der Waals surface area contributed by atoms with Crippen molar-refractivity contribution in [3.8, 4) is 0 Å². The molecule has 1 heterocycles. The predicted molar refractivity (Wildman–Crippen MR) is 86.7 cm³/mol. The van der Waals surface area contributed by atoms with Crippen molar-refractivity contribution in [2.75, 3.05) is 20.1 Å². The second-order valence-electron chi connectivity index (χ2n) is 5.62. The Labute approximate surface area is 142 Å². The van der Waals surface area contributed by atoms with E-state index in [4.69, 9.17) is 18.6 Å². The van der Waals surface area contributed by atoms with E-state index >= 15 is 0 Å². The van der Waals surface area contributed by atoms with Gasteiger partial charge in [0.05, 0.1) is 13.1 Å². The van der Waals surface area contributed by atoms with E-state index in [-0.39, 0.29) is 19.5 Å². The zero-order chi connectivity index (χ0) is 18.4. The van der Waals surface area contributed by atoms with Gasteiger partial charge in [-0.25, -0.2) is 9.32 Å². The highest BCUT2D eigenvalue weighted by Crippen LogP contribution is 2.28. The maximum atomic E-state index is 11.9. The van der Waals surface area contributed by atoms with Crippen LogP contribution in [-0.2, 0) is 33.4 Å². The van der Waals surface area contributed by atoms with Crippen molar-refractivity contribution in [3.05, 3.63) is 12.2 Å². The smallest absolute Gasteiger partial charge is 0.496 e. The number of nitrogens with zero attached hydrogens (tertiary/aromatic N) is 1. The zero-order valence-electron chi connectivity index (χ0n) is 14.1. The summed E-state index contributed by atoms with van der Waals surface area (Å²) in [7, 11) is -4.39. The van der Waals surface area contributed by atoms with Crippen molar-refractivity contribution < 1.29 is 31.5 Å². The predicted octanol–water partition coefficient (Wildman–Crippen LogP) is -0.229. The first-order valence-corrected chi connectivity index (χ1v) is 9.03. The fourth-order valence-electron chi connectivity index (χ4n) is 2.37. The number of carbonyl (C=O) groups excluding carboxylic acids is 2. The van der Waals surface area contributed by atoms with E-state index in [0.29, 0.717) is 12.8 Å². The number of hydrogen-bond donors (Lipinski definition) is 1. The van der Waals surface area contributed by atoms with Crippen LogP contribution in [0.3, 0.4) is 0 Å². The lowest BCUT2D eigenvalue weighted by atomic mass is 9.64. The third-order valence-electron chi connectivity index (χ3n) is 3.32. The van der Waals surface area contributed by atoms with E-state index in [9.17, 15) is 18.0 Å². The van der Waals surface area contributed by atoms with Crippen molar-refractivity contribution in [2.45, 2.75) is 38.6 Å². The fraction of sp³-hybridized carbons (Fsp3) is 0.692. The van der Waals surface area contributed by atoms with Gasteiger partial charge in [-0.05, 0) is 20.4 Å². The van der Waals surface area contributed by atoms with Crippen LogP contribution in [0.15, 0.2) is 12.2 Å². The first kappa shape index (κ1) is 20.6. The quantitative estimate of drug-likeness (QED) is 0.486. The zero-order valence-corrected chi connectivity index (χ0v) is 14.9. The Balaban J connectivity index is 3.26. The minimum atomic E-state index is -4.39. The molecule has 0 aliphatic carbocycles. The molecule has 0 amide bonds. The molecule has 24 heavy (non-hydrogen) atoms. The highest BCUT2D eigenvalue weighted by molar-refractivity contribution is 7.84. The van der Waals surface area contributed by atoms with Gasteiger partial charge in [0.1, 0.15) is 0 Å². The summed E-state index contributed by atoms with van der Waals surface area (Å²) in [6.07, 6.45) is 4.28. The second kappa shape index (κ2) is 8.61. The lowest BCUT2D eigenvalue weighted by molar-refractivity contribution is -0.147. The average molecular weight is 362 g/mol. The van der Waals surface area contributed by atoms with Gasteiger partial charge in [0, 0.05) is 0 Å². The van der Waals surface area contributed by atoms with Crippen LogP contribution in [-0.4, -0.2) is 58.0 Å². The standard InChI is InChI=1S/C13H23BN2O7S/c1-4-6-8-13(7-5-2,23-24(15,19)20)14-21-11(17)9-16(3)10-12(18)22-14/h5,7H,4,6,8-10H2,1-3H3,(H2,15,19,20)/b7-5+. The fourth-order valence-corrected chi connectivity index (χ4v) is 3.02. The molecule has 1 aliphatic heterocycles. The van der Waals surface area contributed by atoms with Crippen LogP contribution in [0, 0.1) is 0 Å². The number of nitrogens with two attached hydrogens (primary N) is 1. The van der Waals surface area contributed by atoms with E-state index < -0.39 is 34.9 Å². The lowest BCUT2D eigenvalue weighted by Gasteiger charge is -2.33. The Bertz CT molecular complexity index is 575. The molecule has 0 radical (unpaired) electrons. The largest absolute Gasteiger partial charge is 0.639 e. The van der Waals surface area contributed by atoms with Crippen LogP contribution in [0.4, 0.5) is 0 Å². The van der Waals surface area contributed by atoms with Crippen molar-refractivity contribution in [2.24, 2.45) is 5.14 Å². The molecule has 0 bridgehead atoms. The Morgan fingerprint density at radius 2 is 1.88 bits per heavy atom. The molecule has 0 saturated carbocycles. The molecule has 0 spiro atoms. The summed E-state index contributed by atoms with van der Waals surface area (Å²) >= 11 is 0. The van der Waals surface area contributed by atoms with Crippen LogP contribution in [0.5, 0.6) is 0 Å². The molecule has 0 aromatic rings. The Morgan fingerprint density at radius 1 is 1.33 bits per heavy atom. The molecule has 0 aromatic heterocycles. The van der Waals surface area contributed by atoms with Crippen LogP contribution in [0.25, 0.3) is 0 Å². The van der Waals surface area contributed by atoms with E-state index in [1.165, 1.54) is 17.1 Å². The van der Waals surface area contributed by atoms with Crippen LogP contribution < -0.4 is 5.14 Å². The number of hydrogen-bond acceptors (Lipinski definition) is 8. The first-order chi connectivity index (χ1) is 11.1. The maximum Gasteiger partial charge on any atom is 0.639 e. The van der Waals surface area contributed by atoms with Crippen molar-refractivity contribution >= 4 is 29.4 Å². The van der Waals surface area contributed by atoms with E-state index in [2.05, 4.69) is 0 Å². The van der Waals surface area contributed by atoms with Gasteiger partial charge in [0.2, 0.25) is 0 Å². The molecule has 1 unspecified atom stereocenters. The van der Waals surface area contributed by atoms with Gasteiger partial charge >= 0.3 is 29.4 Å². The summed E-state index contributed by atoms with van der Waals surface area (Å²) in [4.78, 5) is 25.3. The Hall–Kier alpha value is -1.43. The van der Waals surface area contributed by atoms with Gasteiger partial charge in [0.25, 0.3) is 0 Å². The third-order valence-corrected chi connectivity index (χ3v) is 3.86. The molecular weight excluding hydrogens is 339 g/mol. The van der Waals surface area contributed by atoms with E-state index in [1.807, 2.05) is 6.92 Å². The monoisotopic (exact) mass is 362 g/mol. The second-order valence-corrected chi connectivity index (χ2v) is 6.77. The summed E-state index contributed by atoms with van der Waals surface area (Å²) in [6.45, 7) is 3.25. The number of rotatable bonds is 7. The van der Waals surface area contributed by atoms with Crippen LogP contribution in [0.1, 0.15) is 33.1 Å². The molecule has 2 N–H and O–H groups in total. The Kier molecular flexibility index (Phi) is 7.39. The van der Waals surface area contributed by atoms with Crippen molar-refractivity contribution in [3.63, 3.8) is 0 Å². The van der Waals surface area contributed by atoms with Crippen molar-refractivity contribution in [1.29, 1.82) is 0 Å². The molecule has 1 saturated heterocycles. The molecule has 1 aliphatic rings. The Morgan fingerprint density at radius 3 is 2.29 bits per heavy atom. The summed E-state index contributed by atoms with van der Waals surface area (Å²) in [5.41, 5.74) is -1.71. The molecule has 0 aromatic carbocycles. The van der Waals surface area contributed by atoms with Gasteiger partial charge in [-0.2, -0.15) is 8.42 Å². The van der Waals surface area contributed by atoms with Crippen LogP contribution >= 0.6 is 0 Å². The lowest BCUT2D eigenvalue weighted by Crippen LogP contribution is -2.57. The van der Waals surface area contributed by atoms with Crippen molar-refractivity contribution in [1.82, 2.24) is 4.90 Å². The first-order valence-electron chi connectivity index (χ1n) is 7.56. The normalized spacial score (nSPS) is 20.2. The van der Waals surface area contributed by atoms with Crippen LogP contribution in [0.2, 0.25) is 0 Å². The number of likely N-dealkylation sites (N-methyl/N-ethyl adjacent to an activating group) is 1. The summed E-state index contributed by atoms with van der Waals surface area (Å²) in [6, 6.07) is 0. The van der Waals surface area contributed by atoms with Gasteiger partial charge in [-0.1, -0.05) is 31.9 Å². The molecule has 9 nitrogen and oxygen atoms in total. The van der Waals surface area contributed by atoms with Gasteiger partial charge in [-0.15, -0.1) is 0 Å². The number of carbonyl (C=O) groups is 2. The highest BCUT2D eigenvalue weighted by atomic mass is 32.2. The van der Waals surface area contributed by atoms with E-state index in [0.717, 1.165) is 0 Å². The molecule has 1 fully saturated rings. The average Bonchev–Trinajstić information content (AvgIpc) is 2.40. The summed E-state index contributed by atoms with van der Waals surface area (Å²) in [5.74, 6) is -1.34. The molecule has 136 valence electrons. The topological polar surface area (TPSA) is 125 Å². The molecule has 1 rings (SSSR count). The molecular formula is C13H23BN2O7S. The maximum absolute atomic E-state index is 11.9. The minimum Gasteiger partial charge on any atom is -0.496 e. The SMILES string of the molecule is C/C=C/C(CCCC)(OS(N)(=O)=O)B1OC(=O)CN(C)CC(=O)O1. The number of allylic oxidation sites excluding steroid dienone is 1. The summed E-state index contributed by atoms with van der Waals surface area (Å²) < 4.78 is 38.4. The minimum absolute atomic E-state index is 0.130. The molecule has 11 heteroatoms. The third kappa shape index (κ3) is 6.23. The summed E-state index contributed by atoms with van der Waals surface area (Å²) in [5, 5.41) is 5.02. The number of unbranched alkanes of at least 4 members (excludes halogenated alkanes) is 1. The van der Waals surface area contributed by atoms with Gasteiger partial charge in [-0.3, -0.25) is 14.5 Å².